The van der Waals surface area contributed by atoms with Crippen molar-refractivity contribution in [2.45, 2.75) is 24.9 Å². The zero-order chi connectivity index (χ0) is 18.2. The summed E-state index contributed by atoms with van der Waals surface area (Å²) in [6, 6.07) is 3.50. The molecule has 0 radical (unpaired) electrons. The summed E-state index contributed by atoms with van der Waals surface area (Å²) in [6.07, 6.45) is 2.40. The second-order valence-corrected chi connectivity index (χ2v) is 8.28. The normalized spacial score (nSPS) is 31.5. The highest BCUT2D eigenvalue weighted by atomic mass is 32.2. The standard InChI is InChI=1S/C17H22N2O4S2/c1-4-23-16(22)17(7-9-24-3)12-11(14(20)19(2)15(12)21)13(18-17)10-6-5-8-25-10/h5-6,8,11-13,18H,4,7,9H2,1-3H3/t11-,12-,13-,17+/m0/s1. The molecule has 136 valence electrons. The van der Waals surface area contributed by atoms with Gasteiger partial charge in [-0.25, -0.2) is 0 Å². The van der Waals surface area contributed by atoms with Crippen molar-refractivity contribution in [3.8, 4) is 0 Å². The zero-order valence-electron chi connectivity index (χ0n) is 14.5. The summed E-state index contributed by atoms with van der Waals surface area (Å²) in [5.41, 5.74) is -1.16. The van der Waals surface area contributed by atoms with Gasteiger partial charge >= 0.3 is 5.97 Å². The maximum atomic E-state index is 12.9. The van der Waals surface area contributed by atoms with Crippen LogP contribution in [0.2, 0.25) is 0 Å². The Bertz CT molecular complexity index is 678. The Morgan fingerprint density at radius 1 is 1.44 bits per heavy atom. The third-order valence-corrected chi connectivity index (χ3v) is 6.63. The molecule has 2 aliphatic rings. The minimum Gasteiger partial charge on any atom is -0.465 e. The van der Waals surface area contributed by atoms with E-state index in [9.17, 15) is 14.4 Å². The molecule has 0 spiro atoms. The fourth-order valence-electron chi connectivity index (χ4n) is 3.90. The molecular formula is C17H22N2O4S2. The van der Waals surface area contributed by atoms with Gasteiger partial charge in [0.1, 0.15) is 5.54 Å². The third kappa shape index (κ3) is 2.80. The molecule has 3 rings (SSSR count). The first-order valence-electron chi connectivity index (χ1n) is 8.26. The predicted octanol–water partition coefficient (Wildman–Crippen LogP) is 1.68. The molecule has 4 atom stereocenters. The molecule has 6 nitrogen and oxygen atoms in total. The summed E-state index contributed by atoms with van der Waals surface area (Å²) >= 11 is 3.12. The van der Waals surface area contributed by atoms with Gasteiger partial charge < -0.3 is 4.74 Å². The van der Waals surface area contributed by atoms with Crippen molar-refractivity contribution in [2.75, 3.05) is 25.7 Å². The second-order valence-electron chi connectivity index (χ2n) is 6.31. The summed E-state index contributed by atoms with van der Waals surface area (Å²) in [6.45, 7) is 1.98. The number of fused-ring (bicyclic) bond motifs is 1. The number of carbonyl (C=O) groups is 3. The van der Waals surface area contributed by atoms with Crippen molar-refractivity contribution in [1.29, 1.82) is 0 Å². The van der Waals surface area contributed by atoms with E-state index in [1.807, 2.05) is 23.8 Å². The Kier molecular flexibility index (Phi) is 5.22. The molecule has 8 heteroatoms. The van der Waals surface area contributed by atoms with Crippen LogP contribution in [-0.4, -0.2) is 53.9 Å². The van der Waals surface area contributed by atoms with Gasteiger partial charge in [0.05, 0.1) is 24.5 Å². The number of thiophene rings is 1. The summed E-state index contributed by atoms with van der Waals surface area (Å²) in [7, 11) is 1.50. The first-order valence-corrected chi connectivity index (χ1v) is 10.5. The van der Waals surface area contributed by atoms with E-state index in [1.54, 1.807) is 18.7 Å². The highest BCUT2D eigenvalue weighted by Crippen LogP contribution is 2.51. The molecule has 1 N–H and O–H groups in total. The molecule has 0 bridgehead atoms. The van der Waals surface area contributed by atoms with Crippen molar-refractivity contribution in [2.24, 2.45) is 11.8 Å². The first kappa shape index (κ1) is 18.4. The SMILES string of the molecule is CCOC(=O)[C@]1(CCSC)N[C@@H](c2cccs2)[C@H]2C(=O)N(C)C(=O)[C@H]21. The number of imide groups is 1. The first-order chi connectivity index (χ1) is 12.0. The molecule has 2 aliphatic heterocycles. The van der Waals surface area contributed by atoms with Crippen molar-refractivity contribution >= 4 is 40.9 Å². The summed E-state index contributed by atoms with van der Waals surface area (Å²) in [5.74, 6) is -1.55. The van der Waals surface area contributed by atoms with Crippen LogP contribution in [0.4, 0.5) is 0 Å². The highest BCUT2D eigenvalue weighted by Gasteiger charge is 2.68. The molecule has 2 amide bonds. The van der Waals surface area contributed by atoms with Crippen LogP contribution in [0.5, 0.6) is 0 Å². The van der Waals surface area contributed by atoms with E-state index in [2.05, 4.69) is 5.32 Å². The summed E-state index contributed by atoms with van der Waals surface area (Å²) < 4.78 is 5.33. The number of esters is 1. The van der Waals surface area contributed by atoms with E-state index < -0.39 is 23.3 Å². The molecule has 3 heterocycles. The molecule has 0 aliphatic carbocycles. The molecule has 2 saturated heterocycles. The second kappa shape index (κ2) is 7.09. The number of hydrogen-bond acceptors (Lipinski definition) is 7. The van der Waals surface area contributed by atoms with Crippen LogP contribution in [0.15, 0.2) is 17.5 Å². The average molecular weight is 383 g/mol. The molecular weight excluding hydrogens is 360 g/mol. The van der Waals surface area contributed by atoms with Gasteiger partial charge in [-0.05, 0) is 36.8 Å². The lowest BCUT2D eigenvalue weighted by atomic mass is 9.78. The number of nitrogens with one attached hydrogen (secondary N) is 1. The smallest absolute Gasteiger partial charge is 0.327 e. The number of nitrogens with zero attached hydrogens (tertiary/aromatic N) is 1. The van der Waals surface area contributed by atoms with E-state index in [0.717, 1.165) is 4.88 Å². The van der Waals surface area contributed by atoms with Crippen molar-refractivity contribution in [1.82, 2.24) is 10.2 Å². The Labute approximate surface area is 155 Å². The summed E-state index contributed by atoms with van der Waals surface area (Å²) in [5, 5.41) is 5.30. The lowest BCUT2D eigenvalue weighted by Gasteiger charge is -2.32. The number of ether oxygens (including phenoxy) is 1. The number of rotatable bonds is 6. The van der Waals surface area contributed by atoms with Crippen molar-refractivity contribution < 1.29 is 19.1 Å². The van der Waals surface area contributed by atoms with Crippen LogP contribution >= 0.6 is 23.1 Å². The minimum absolute atomic E-state index is 0.226. The van der Waals surface area contributed by atoms with Crippen LogP contribution in [0.1, 0.15) is 24.3 Å². The molecule has 1 aromatic rings. The van der Waals surface area contributed by atoms with Crippen LogP contribution in [0.3, 0.4) is 0 Å². The van der Waals surface area contributed by atoms with E-state index in [1.165, 1.54) is 23.3 Å². The number of thioether (sulfide) groups is 1. The molecule has 0 saturated carbocycles. The van der Waals surface area contributed by atoms with Crippen molar-refractivity contribution in [3.63, 3.8) is 0 Å². The number of carbonyl (C=O) groups excluding carboxylic acids is 3. The minimum atomic E-state index is -1.16. The Balaban J connectivity index is 2.09. The third-order valence-electron chi connectivity index (χ3n) is 5.06. The molecule has 1 aromatic heterocycles. The number of likely N-dealkylation sites (tertiary alicyclic amines) is 1. The quantitative estimate of drug-likeness (QED) is 0.596. The highest BCUT2D eigenvalue weighted by molar-refractivity contribution is 7.98. The maximum absolute atomic E-state index is 12.9. The van der Waals surface area contributed by atoms with Gasteiger partial charge in [-0.1, -0.05) is 6.07 Å². The van der Waals surface area contributed by atoms with Crippen LogP contribution < -0.4 is 5.32 Å². The van der Waals surface area contributed by atoms with Crippen LogP contribution in [0, 0.1) is 11.8 Å². The van der Waals surface area contributed by atoms with Gasteiger partial charge in [0, 0.05) is 11.9 Å². The molecule has 2 fully saturated rings. The van der Waals surface area contributed by atoms with Crippen LogP contribution in [-0.2, 0) is 19.1 Å². The van der Waals surface area contributed by atoms with Gasteiger partial charge in [-0.2, -0.15) is 11.8 Å². The lowest BCUT2D eigenvalue weighted by Crippen LogP contribution is -2.56. The van der Waals surface area contributed by atoms with Crippen molar-refractivity contribution in [3.05, 3.63) is 22.4 Å². The van der Waals surface area contributed by atoms with Crippen LogP contribution in [0.25, 0.3) is 0 Å². The molecule has 25 heavy (non-hydrogen) atoms. The number of hydrogen-bond donors (Lipinski definition) is 1. The monoisotopic (exact) mass is 382 g/mol. The molecule has 0 aromatic carbocycles. The fraction of sp³-hybridized carbons (Fsp3) is 0.588. The van der Waals surface area contributed by atoms with E-state index in [0.29, 0.717) is 12.2 Å². The fourth-order valence-corrected chi connectivity index (χ4v) is 5.25. The Hall–Kier alpha value is -1.38. The predicted molar refractivity (Wildman–Crippen MR) is 97.3 cm³/mol. The summed E-state index contributed by atoms with van der Waals surface area (Å²) in [4.78, 5) is 40.7. The van der Waals surface area contributed by atoms with Gasteiger partial charge in [0.25, 0.3) is 0 Å². The van der Waals surface area contributed by atoms with E-state index in [-0.39, 0.29) is 24.5 Å². The maximum Gasteiger partial charge on any atom is 0.327 e. The van der Waals surface area contributed by atoms with Gasteiger partial charge in [-0.3, -0.25) is 24.6 Å². The van der Waals surface area contributed by atoms with Gasteiger partial charge in [0.15, 0.2) is 0 Å². The Morgan fingerprint density at radius 2 is 2.20 bits per heavy atom. The largest absolute Gasteiger partial charge is 0.465 e. The van der Waals surface area contributed by atoms with E-state index in [4.69, 9.17) is 4.74 Å². The molecule has 0 unspecified atom stereocenters. The zero-order valence-corrected chi connectivity index (χ0v) is 16.1. The van der Waals surface area contributed by atoms with Gasteiger partial charge in [0.2, 0.25) is 11.8 Å². The lowest BCUT2D eigenvalue weighted by molar-refractivity contribution is -0.156. The number of amides is 2. The average Bonchev–Trinajstić information content (AvgIpc) is 3.28. The topological polar surface area (TPSA) is 75.7 Å². The Morgan fingerprint density at radius 3 is 2.80 bits per heavy atom. The van der Waals surface area contributed by atoms with E-state index >= 15 is 0 Å². The van der Waals surface area contributed by atoms with Gasteiger partial charge in [-0.15, -0.1) is 11.3 Å².